The number of hydrogen-bond donors (Lipinski definition) is 1. The maximum Gasteiger partial charge on any atom is 0.185 e. The van der Waals surface area contributed by atoms with Crippen LogP contribution in [0.3, 0.4) is 0 Å². The highest BCUT2D eigenvalue weighted by Crippen LogP contribution is 2.33. The molecule has 2 N–H and O–H groups in total. The molecule has 0 atom stereocenters. The molecule has 0 fully saturated rings. The minimum Gasteiger partial charge on any atom is -0.347 e. The van der Waals surface area contributed by atoms with Gasteiger partial charge in [-0.15, -0.1) is 11.3 Å². The van der Waals surface area contributed by atoms with Crippen molar-refractivity contribution in [3.8, 4) is 0 Å². The lowest BCUT2D eigenvalue weighted by Gasteiger charge is -2.18. The molecular formula is C16H22ClN3S. The Bertz CT molecular complexity index is 599. The van der Waals surface area contributed by atoms with E-state index in [0.29, 0.717) is 6.54 Å². The summed E-state index contributed by atoms with van der Waals surface area (Å²) in [7, 11) is 2.06. The first-order chi connectivity index (χ1) is 9.81. The Hall–Kier alpha value is -1.10. The first-order valence-electron chi connectivity index (χ1n) is 6.97. The van der Waals surface area contributed by atoms with Crippen molar-refractivity contribution >= 4 is 28.1 Å². The van der Waals surface area contributed by atoms with Crippen LogP contribution in [0.1, 0.15) is 36.9 Å². The molecule has 1 aromatic heterocycles. The Balaban J connectivity index is 2.21. The van der Waals surface area contributed by atoms with Gasteiger partial charge in [-0.2, -0.15) is 0 Å². The summed E-state index contributed by atoms with van der Waals surface area (Å²) in [5.74, 6) is 0. The van der Waals surface area contributed by atoms with Gasteiger partial charge in [0.25, 0.3) is 0 Å². The van der Waals surface area contributed by atoms with Crippen LogP contribution in [0, 0.1) is 0 Å². The molecular weight excluding hydrogens is 302 g/mol. The summed E-state index contributed by atoms with van der Waals surface area (Å²) in [6.07, 6.45) is 0. The van der Waals surface area contributed by atoms with Crippen LogP contribution in [0.5, 0.6) is 0 Å². The van der Waals surface area contributed by atoms with Crippen molar-refractivity contribution in [1.29, 1.82) is 0 Å². The molecule has 5 heteroatoms. The van der Waals surface area contributed by atoms with E-state index in [1.807, 2.05) is 24.3 Å². The summed E-state index contributed by atoms with van der Waals surface area (Å²) < 4.78 is 0. The number of nitrogens with two attached hydrogens (primary N) is 1. The molecule has 1 heterocycles. The number of hydrogen-bond acceptors (Lipinski definition) is 4. The fourth-order valence-electron chi connectivity index (χ4n) is 2.16. The molecule has 0 bridgehead atoms. The van der Waals surface area contributed by atoms with Crippen LogP contribution in [0.2, 0.25) is 5.02 Å². The molecule has 0 amide bonds. The highest BCUT2D eigenvalue weighted by molar-refractivity contribution is 7.15. The molecule has 21 heavy (non-hydrogen) atoms. The Kier molecular flexibility index (Phi) is 4.91. The van der Waals surface area contributed by atoms with Crippen LogP contribution in [0.15, 0.2) is 24.3 Å². The second kappa shape index (κ2) is 6.34. The third kappa shape index (κ3) is 3.96. The molecule has 1 aromatic carbocycles. The largest absolute Gasteiger partial charge is 0.347 e. The molecule has 114 valence electrons. The molecule has 0 radical (unpaired) electrons. The van der Waals surface area contributed by atoms with Gasteiger partial charge in [-0.25, -0.2) is 4.98 Å². The van der Waals surface area contributed by atoms with Gasteiger partial charge in [0.1, 0.15) is 0 Å². The van der Waals surface area contributed by atoms with E-state index in [9.17, 15) is 0 Å². The zero-order valence-electron chi connectivity index (χ0n) is 13.0. The Morgan fingerprint density at radius 3 is 2.33 bits per heavy atom. The number of anilines is 1. The molecule has 0 saturated carbocycles. The van der Waals surface area contributed by atoms with E-state index < -0.39 is 0 Å². The monoisotopic (exact) mass is 323 g/mol. The number of halogens is 1. The van der Waals surface area contributed by atoms with Crippen molar-refractivity contribution in [2.45, 2.75) is 39.3 Å². The Morgan fingerprint density at radius 2 is 1.86 bits per heavy atom. The first kappa shape index (κ1) is 16.3. The van der Waals surface area contributed by atoms with Crippen molar-refractivity contribution in [1.82, 2.24) is 4.98 Å². The maximum atomic E-state index is 5.92. The van der Waals surface area contributed by atoms with Gasteiger partial charge in [-0.3, -0.25) is 0 Å². The predicted molar refractivity (Wildman–Crippen MR) is 92.3 cm³/mol. The zero-order valence-corrected chi connectivity index (χ0v) is 14.6. The molecule has 0 unspecified atom stereocenters. The van der Waals surface area contributed by atoms with E-state index in [2.05, 4.69) is 32.7 Å². The summed E-state index contributed by atoms with van der Waals surface area (Å²) in [6.45, 7) is 7.86. The summed E-state index contributed by atoms with van der Waals surface area (Å²) >= 11 is 7.60. The van der Waals surface area contributed by atoms with Gasteiger partial charge in [0.2, 0.25) is 0 Å². The molecule has 2 aromatic rings. The quantitative estimate of drug-likeness (QED) is 0.917. The van der Waals surface area contributed by atoms with Crippen molar-refractivity contribution in [3.05, 3.63) is 45.4 Å². The van der Waals surface area contributed by atoms with Crippen LogP contribution in [0.25, 0.3) is 0 Å². The fraction of sp³-hybridized carbons (Fsp3) is 0.438. The number of aromatic nitrogens is 1. The lowest BCUT2D eigenvalue weighted by Crippen LogP contribution is -2.18. The van der Waals surface area contributed by atoms with Crippen molar-refractivity contribution in [2.24, 2.45) is 5.73 Å². The Morgan fingerprint density at radius 1 is 1.24 bits per heavy atom. The summed E-state index contributed by atoms with van der Waals surface area (Å²) in [5, 5.41) is 1.77. The van der Waals surface area contributed by atoms with E-state index in [1.54, 1.807) is 11.3 Å². The van der Waals surface area contributed by atoms with Gasteiger partial charge in [-0.05, 0) is 17.7 Å². The smallest absolute Gasteiger partial charge is 0.185 e. The van der Waals surface area contributed by atoms with E-state index in [-0.39, 0.29) is 5.41 Å². The lowest BCUT2D eigenvalue weighted by molar-refractivity contribution is 0.566. The van der Waals surface area contributed by atoms with E-state index >= 15 is 0 Å². The third-order valence-electron chi connectivity index (χ3n) is 3.24. The van der Waals surface area contributed by atoms with Crippen molar-refractivity contribution in [2.75, 3.05) is 11.9 Å². The zero-order chi connectivity index (χ0) is 15.6. The topological polar surface area (TPSA) is 42.2 Å². The van der Waals surface area contributed by atoms with E-state index in [0.717, 1.165) is 22.4 Å². The highest BCUT2D eigenvalue weighted by atomic mass is 35.5. The molecule has 2 rings (SSSR count). The molecule has 0 spiro atoms. The van der Waals surface area contributed by atoms with Gasteiger partial charge >= 0.3 is 0 Å². The number of rotatable bonds is 4. The maximum absolute atomic E-state index is 5.92. The molecule has 0 aliphatic rings. The van der Waals surface area contributed by atoms with Gasteiger partial charge in [0, 0.05) is 35.5 Å². The van der Waals surface area contributed by atoms with Gasteiger partial charge in [0.15, 0.2) is 5.13 Å². The van der Waals surface area contributed by atoms with Crippen LogP contribution < -0.4 is 10.6 Å². The average molecular weight is 324 g/mol. The minimum atomic E-state index is 0.0184. The van der Waals surface area contributed by atoms with Crippen molar-refractivity contribution in [3.63, 3.8) is 0 Å². The highest BCUT2D eigenvalue weighted by Gasteiger charge is 2.23. The summed E-state index contributed by atoms with van der Waals surface area (Å²) in [6, 6.07) is 7.92. The first-order valence-corrected chi connectivity index (χ1v) is 8.16. The number of nitrogens with zero attached hydrogens (tertiary/aromatic N) is 2. The van der Waals surface area contributed by atoms with Crippen LogP contribution in [-0.2, 0) is 18.5 Å². The summed E-state index contributed by atoms with van der Waals surface area (Å²) in [5.41, 5.74) is 8.20. The Labute approximate surface area is 135 Å². The second-order valence-electron chi connectivity index (χ2n) is 6.20. The van der Waals surface area contributed by atoms with E-state index in [1.165, 1.54) is 10.4 Å². The molecule has 3 nitrogen and oxygen atoms in total. The minimum absolute atomic E-state index is 0.0184. The average Bonchev–Trinajstić information content (AvgIpc) is 2.85. The van der Waals surface area contributed by atoms with Gasteiger partial charge < -0.3 is 10.6 Å². The SMILES string of the molecule is CN(Cc1ccc(Cl)cc1)c1nc(C(C)(C)C)c(CN)s1. The molecule has 0 saturated heterocycles. The molecule has 0 aliphatic carbocycles. The van der Waals surface area contributed by atoms with Gasteiger partial charge in [0.05, 0.1) is 5.69 Å². The van der Waals surface area contributed by atoms with Crippen LogP contribution >= 0.6 is 22.9 Å². The summed E-state index contributed by atoms with van der Waals surface area (Å²) in [4.78, 5) is 8.13. The van der Waals surface area contributed by atoms with E-state index in [4.69, 9.17) is 22.3 Å². The molecule has 0 aliphatic heterocycles. The fourth-order valence-corrected chi connectivity index (χ4v) is 3.39. The predicted octanol–water partition coefficient (Wildman–Crippen LogP) is 4.19. The van der Waals surface area contributed by atoms with Crippen LogP contribution in [-0.4, -0.2) is 12.0 Å². The van der Waals surface area contributed by atoms with Crippen LogP contribution in [0.4, 0.5) is 5.13 Å². The number of benzene rings is 1. The third-order valence-corrected chi connectivity index (χ3v) is 4.69. The standard InChI is InChI=1S/C16H22ClN3S/c1-16(2,3)14-13(9-18)21-15(19-14)20(4)10-11-5-7-12(17)8-6-11/h5-8H,9-10,18H2,1-4H3. The number of thiazole rings is 1. The van der Waals surface area contributed by atoms with Gasteiger partial charge in [-0.1, -0.05) is 44.5 Å². The second-order valence-corrected chi connectivity index (χ2v) is 7.70. The normalized spacial score (nSPS) is 11.7. The lowest BCUT2D eigenvalue weighted by atomic mass is 9.91. The van der Waals surface area contributed by atoms with Crippen molar-refractivity contribution < 1.29 is 0 Å².